The van der Waals surface area contributed by atoms with E-state index in [-0.39, 0.29) is 45.2 Å². The second kappa shape index (κ2) is 22.4. The molecule has 1 saturated heterocycles. The number of hydrogen-bond donors (Lipinski definition) is 2. The van der Waals surface area contributed by atoms with Gasteiger partial charge in [0.1, 0.15) is 41.5 Å². The van der Waals surface area contributed by atoms with Crippen LogP contribution in [-0.2, 0) is 61.8 Å². The minimum absolute atomic E-state index is 0.0469. The first-order valence-electron chi connectivity index (χ1n) is 25.6. The van der Waals surface area contributed by atoms with E-state index in [4.69, 9.17) is 56.8 Å². The highest BCUT2D eigenvalue weighted by Gasteiger charge is 2.91. The van der Waals surface area contributed by atoms with Gasteiger partial charge in [-0.25, -0.2) is 24.0 Å². The van der Waals surface area contributed by atoms with Crippen LogP contribution in [0.2, 0.25) is 0 Å². The molecular weight excluding hydrogens is 1060 g/mol. The maximum Gasteiger partial charge on any atom is 0.350 e. The number of cyclic esters (lactones) is 1. The summed E-state index contributed by atoms with van der Waals surface area (Å²) in [6, 6.07) is 15.2. The van der Waals surface area contributed by atoms with Gasteiger partial charge in [0, 0.05) is 38.4 Å². The third kappa shape index (κ3) is 10.1. The number of benzene rings is 2. The number of methoxy groups -OCH3 is 3. The molecule has 0 amide bonds. The van der Waals surface area contributed by atoms with E-state index in [0.717, 1.165) is 40.8 Å². The molecule has 4 aliphatic rings. The van der Waals surface area contributed by atoms with Gasteiger partial charge >= 0.3 is 47.8 Å². The van der Waals surface area contributed by atoms with Crippen molar-refractivity contribution in [2.24, 2.45) is 17.3 Å². The van der Waals surface area contributed by atoms with Gasteiger partial charge in [-0.2, -0.15) is 0 Å². The second-order valence-corrected chi connectivity index (χ2v) is 21.1. The number of nitrogens with zero attached hydrogens (tertiary/aromatic N) is 2. The van der Waals surface area contributed by atoms with Crippen molar-refractivity contribution in [1.82, 2.24) is 9.97 Å². The number of aliphatic hydroxyl groups excluding tert-OH is 1. The zero-order valence-electron chi connectivity index (χ0n) is 46.1. The van der Waals surface area contributed by atoms with Crippen LogP contribution in [0, 0.1) is 17.3 Å². The summed E-state index contributed by atoms with van der Waals surface area (Å²) in [5, 5.41) is 27.9. The summed E-state index contributed by atoms with van der Waals surface area (Å²) in [7, 11) is 3.86. The van der Waals surface area contributed by atoms with Gasteiger partial charge in [-0.15, -0.1) is 0 Å². The molecule has 81 heavy (non-hydrogen) atoms. The molecule has 24 heteroatoms. The Balaban J connectivity index is 1.52. The number of aromatic nitrogens is 2. The molecule has 2 aromatic carbocycles. The van der Waals surface area contributed by atoms with Crippen LogP contribution in [0.5, 0.6) is 17.2 Å². The highest BCUT2D eigenvalue weighted by atomic mass is 16.7. The van der Waals surface area contributed by atoms with Crippen molar-refractivity contribution in [2.45, 2.75) is 120 Å². The molecule has 2 N–H and O–H groups in total. The number of pyridine rings is 2. The normalized spacial score (nSPS) is 30.4. The smallest absolute Gasteiger partial charge is 0.350 e. The zero-order valence-corrected chi connectivity index (χ0v) is 46.1. The fourth-order valence-corrected chi connectivity index (χ4v) is 11.7. The molecule has 4 bridgehead atoms. The molecular formula is C57H62N2O22. The molecule has 0 radical (unpaired) electrons. The molecule has 432 valence electrons. The van der Waals surface area contributed by atoms with Crippen LogP contribution in [0.15, 0.2) is 85.3 Å². The monoisotopic (exact) mass is 1130 g/mol. The van der Waals surface area contributed by atoms with Crippen molar-refractivity contribution in [3.05, 3.63) is 113 Å². The molecule has 3 fully saturated rings. The van der Waals surface area contributed by atoms with Crippen molar-refractivity contribution < 1.29 is 105 Å². The van der Waals surface area contributed by atoms with Crippen LogP contribution in [0.4, 0.5) is 0 Å². The van der Waals surface area contributed by atoms with Gasteiger partial charge in [0.15, 0.2) is 35.9 Å². The number of aliphatic hydroxyl groups is 2. The number of ether oxygens (including phenoxy) is 12. The minimum atomic E-state index is -3.10. The number of fused-ring (bicyclic) bond motifs is 5. The Hall–Kier alpha value is -8.22. The summed E-state index contributed by atoms with van der Waals surface area (Å²) in [6.45, 7) is 7.28. The molecule has 4 aromatic rings. The highest BCUT2D eigenvalue weighted by Crippen LogP contribution is 2.70. The largest absolute Gasteiger partial charge is 0.493 e. The lowest BCUT2D eigenvalue weighted by Crippen LogP contribution is -2.89. The van der Waals surface area contributed by atoms with Crippen LogP contribution in [0.1, 0.15) is 108 Å². The van der Waals surface area contributed by atoms with E-state index in [2.05, 4.69) is 9.97 Å². The third-order valence-electron chi connectivity index (χ3n) is 15.6. The van der Waals surface area contributed by atoms with Gasteiger partial charge in [0.2, 0.25) is 11.4 Å². The topological polar surface area (TPSA) is 314 Å². The first-order chi connectivity index (χ1) is 38.2. The second-order valence-electron chi connectivity index (χ2n) is 21.1. The fraction of sp³-hybridized carbons (Fsp3) is 0.474. The molecule has 4 heterocycles. The van der Waals surface area contributed by atoms with Crippen LogP contribution in [0.25, 0.3) is 0 Å². The molecule has 2 aliphatic heterocycles. The third-order valence-corrected chi connectivity index (χ3v) is 15.6. The Bertz CT molecular complexity index is 3090. The predicted octanol–water partition coefficient (Wildman–Crippen LogP) is 4.09. The van der Waals surface area contributed by atoms with Gasteiger partial charge < -0.3 is 67.1 Å². The highest BCUT2D eigenvalue weighted by molar-refractivity contribution is 5.93. The molecule has 13 atom stereocenters. The van der Waals surface area contributed by atoms with Crippen LogP contribution in [-0.4, -0.2) is 162 Å². The zero-order chi connectivity index (χ0) is 59.1. The summed E-state index contributed by atoms with van der Waals surface area (Å²) in [5.74, 6) is -13.6. The van der Waals surface area contributed by atoms with Gasteiger partial charge in [-0.3, -0.25) is 24.4 Å². The standard InChI is InChI=1S/C57H62N2O22/c1-28-29(2)47(63)77-44-42(75-30(3)60)46(78-49(65)32-17-13-12-14-18-32)56(27-74-48(64)33-19-15-21-58-25-33)45(79-52(68)53(5,6)80-31(4)61)41(76-50(66)34-23-36(70-9)40(72-11)37(24-34)71-10)38-43(62)57(56,55(44,8)69)81-54(38,7)26-73-51(67)35-20-16-22-59-39(28)35/h12-25,28-29,38,41-46,62,69H,26-27H2,1-11H3/t28-,29-,38-,41+,42-,43-,44+,45-,46+,54+,55+,56-,57+/m1/s1. The van der Waals surface area contributed by atoms with Gasteiger partial charge in [-0.05, 0) is 76.2 Å². The first kappa shape index (κ1) is 58.9. The number of hydrogen-bond acceptors (Lipinski definition) is 24. The van der Waals surface area contributed by atoms with Crippen LogP contribution < -0.4 is 14.2 Å². The van der Waals surface area contributed by atoms with Crippen molar-refractivity contribution in [3.8, 4) is 17.2 Å². The molecule has 0 unspecified atom stereocenters. The molecule has 8 rings (SSSR count). The molecule has 2 saturated carbocycles. The van der Waals surface area contributed by atoms with E-state index >= 15 is 14.4 Å². The Morgan fingerprint density at radius 3 is 1.98 bits per heavy atom. The lowest BCUT2D eigenvalue weighted by Gasteiger charge is -2.67. The van der Waals surface area contributed by atoms with Crippen molar-refractivity contribution in [1.29, 1.82) is 0 Å². The maximum absolute atomic E-state index is 15.3. The van der Waals surface area contributed by atoms with Crippen molar-refractivity contribution in [3.63, 3.8) is 0 Å². The van der Waals surface area contributed by atoms with E-state index < -0.39 is 143 Å². The molecule has 2 aromatic heterocycles. The van der Waals surface area contributed by atoms with E-state index in [1.165, 1.54) is 108 Å². The van der Waals surface area contributed by atoms with Crippen LogP contribution >= 0.6 is 0 Å². The van der Waals surface area contributed by atoms with Crippen molar-refractivity contribution >= 4 is 47.8 Å². The SMILES string of the molecule is COc1cc(C(=O)O[C@H]2[C@@H]3[C@@H](O)[C@@]45O[C@@]3(C)COC(=O)c3cccnc3[C@H](C)[C@@H](C)C(=O)O[C@@H]([C@@H](OC(C)=O)[C@H](OC(=O)c3ccccc3)[C@@]4(COC(=O)c3cccnc3)[C@@H]2OC(=O)C(C)(C)OC(C)=O)[C@]5(C)O)cc(OC)c1OC. The summed E-state index contributed by atoms with van der Waals surface area (Å²) in [5.41, 5.74) is -14.6. The van der Waals surface area contributed by atoms with E-state index in [1.54, 1.807) is 13.0 Å². The van der Waals surface area contributed by atoms with Gasteiger partial charge in [0.05, 0.1) is 67.2 Å². The number of carbonyl (C=O) groups excluding carboxylic acids is 8. The number of carbonyl (C=O) groups is 8. The van der Waals surface area contributed by atoms with Crippen LogP contribution in [0.3, 0.4) is 0 Å². The number of rotatable bonds is 14. The van der Waals surface area contributed by atoms with E-state index in [9.17, 15) is 34.2 Å². The lowest BCUT2D eigenvalue weighted by molar-refractivity contribution is -0.385. The molecule has 24 nitrogen and oxygen atoms in total. The maximum atomic E-state index is 15.3. The Kier molecular flexibility index (Phi) is 16.3. The van der Waals surface area contributed by atoms with Gasteiger partial charge in [-0.1, -0.05) is 32.0 Å². The quantitative estimate of drug-likeness (QED) is 0.133. The molecule has 2 aliphatic carbocycles. The minimum Gasteiger partial charge on any atom is -0.493 e. The Labute approximate surface area is 464 Å². The summed E-state index contributed by atoms with van der Waals surface area (Å²) in [4.78, 5) is 125. The van der Waals surface area contributed by atoms with Crippen molar-refractivity contribution in [2.75, 3.05) is 34.5 Å². The average Bonchev–Trinajstić information content (AvgIpc) is 1.62. The first-order valence-corrected chi connectivity index (χ1v) is 25.6. The number of esters is 8. The average molecular weight is 1130 g/mol. The predicted molar refractivity (Wildman–Crippen MR) is 273 cm³/mol. The summed E-state index contributed by atoms with van der Waals surface area (Å²) in [6.07, 6.45) is -10.3. The Morgan fingerprint density at radius 2 is 1.37 bits per heavy atom. The summed E-state index contributed by atoms with van der Waals surface area (Å²) >= 11 is 0. The molecule has 1 spiro atoms. The summed E-state index contributed by atoms with van der Waals surface area (Å²) < 4.78 is 73.7. The fourth-order valence-electron chi connectivity index (χ4n) is 11.7. The lowest BCUT2D eigenvalue weighted by atomic mass is 9.45. The van der Waals surface area contributed by atoms with E-state index in [0.29, 0.717) is 0 Å². The Morgan fingerprint density at radius 1 is 0.741 bits per heavy atom. The van der Waals surface area contributed by atoms with E-state index in [1.807, 2.05) is 0 Å². The van der Waals surface area contributed by atoms with Gasteiger partial charge in [0.25, 0.3) is 0 Å².